The molecule has 1 aliphatic heterocycles. The van der Waals surface area contributed by atoms with Crippen molar-refractivity contribution >= 4 is 21.7 Å². The number of nitrogens with one attached hydrogen (secondary N) is 1. The van der Waals surface area contributed by atoms with Gasteiger partial charge in [-0.2, -0.15) is 0 Å². The van der Waals surface area contributed by atoms with Crippen LogP contribution in [-0.4, -0.2) is 49.2 Å². The second kappa shape index (κ2) is 7.56. The molecule has 1 atom stereocenters. The van der Waals surface area contributed by atoms with E-state index in [4.69, 9.17) is 0 Å². The van der Waals surface area contributed by atoms with Crippen molar-refractivity contribution in [3.8, 4) is 0 Å². The van der Waals surface area contributed by atoms with Gasteiger partial charge in [0.25, 0.3) is 0 Å². The molecule has 1 aromatic rings. The molecule has 0 bridgehead atoms. The molecule has 0 amide bonds. The van der Waals surface area contributed by atoms with Crippen molar-refractivity contribution in [2.75, 3.05) is 38.1 Å². The van der Waals surface area contributed by atoms with Gasteiger partial charge >= 0.3 is 0 Å². The zero-order valence-corrected chi connectivity index (χ0v) is 15.2. The molecule has 1 unspecified atom stereocenters. The maximum atomic E-state index is 4.68. The standard InChI is InChI=1S/C16H27BrN4/c1-12(2)8-18-9-14-7-15(17)10-19-16(14)21-6-5-20(4)13(3)11-21/h7,10,12-13,18H,5-6,8-9,11H2,1-4H3. The van der Waals surface area contributed by atoms with Gasteiger partial charge in [0.1, 0.15) is 5.82 Å². The fraction of sp³-hybridized carbons (Fsp3) is 0.688. The summed E-state index contributed by atoms with van der Waals surface area (Å²) in [5.74, 6) is 1.80. The van der Waals surface area contributed by atoms with Crippen LogP contribution in [0.5, 0.6) is 0 Å². The summed E-state index contributed by atoms with van der Waals surface area (Å²) in [6.45, 7) is 11.8. The second-order valence-corrected chi connectivity index (χ2v) is 7.35. The Labute approximate surface area is 137 Å². The highest BCUT2D eigenvalue weighted by Crippen LogP contribution is 2.24. The lowest BCUT2D eigenvalue weighted by Gasteiger charge is -2.39. The predicted octanol–water partition coefficient (Wildman–Crippen LogP) is 2.73. The van der Waals surface area contributed by atoms with Gasteiger partial charge in [-0.3, -0.25) is 0 Å². The summed E-state index contributed by atoms with van der Waals surface area (Å²) in [4.78, 5) is 9.51. The van der Waals surface area contributed by atoms with Crippen LogP contribution >= 0.6 is 15.9 Å². The molecule has 1 fully saturated rings. The number of nitrogens with zero attached hydrogens (tertiary/aromatic N) is 3. The Kier molecular flexibility index (Phi) is 6.02. The Hall–Kier alpha value is -0.650. The number of hydrogen-bond acceptors (Lipinski definition) is 4. The van der Waals surface area contributed by atoms with Crippen molar-refractivity contribution in [3.05, 3.63) is 22.3 Å². The maximum absolute atomic E-state index is 4.68. The average molecular weight is 355 g/mol. The maximum Gasteiger partial charge on any atom is 0.133 e. The van der Waals surface area contributed by atoms with Crippen molar-refractivity contribution in [3.63, 3.8) is 0 Å². The van der Waals surface area contributed by atoms with E-state index >= 15 is 0 Å². The van der Waals surface area contributed by atoms with E-state index in [1.54, 1.807) is 0 Å². The van der Waals surface area contributed by atoms with E-state index in [0.717, 1.165) is 43.0 Å². The van der Waals surface area contributed by atoms with Gasteiger partial charge in [0, 0.05) is 48.5 Å². The predicted molar refractivity (Wildman–Crippen MR) is 92.8 cm³/mol. The van der Waals surface area contributed by atoms with Crippen LogP contribution in [0.3, 0.4) is 0 Å². The summed E-state index contributed by atoms with van der Waals surface area (Å²) in [6, 6.07) is 2.76. The molecule has 0 spiro atoms. The molecular formula is C16H27BrN4. The van der Waals surface area contributed by atoms with E-state index in [-0.39, 0.29) is 0 Å². The van der Waals surface area contributed by atoms with Crippen LogP contribution in [0.1, 0.15) is 26.3 Å². The van der Waals surface area contributed by atoms with E-state index in [1.165, 1.54) is 5.56 Å². The highest BCUT2D eigenvalue weighted by molar-refractivity contribution is 9.10. The summed E-state index contributed by atoms with van der Waals surface area (Å²) in [6.07, 6.45) is 1.91. The summed E-state index contributed by atoms with van der Waals surface area (Å²) in [5.41, 5.74) is 1.28. The number of rotatable bonds is 5. The Morgan fingerprint density at radius 2 is 2.19 bits per heavy atom. The molecule has 4 nitrogen and oxygen atoms in total. The molecule has 1 aromatic heterocycles. The minimum Gasteiger partial charge on any atom is -0.354 e. The van der Waals surface area contributed by atoms with E-state index < -0.39 is 0 Å². The highest BCUT2D eigenvalue weighted by Gasteiger charge is 2.23. The Morgan fingerprint density at radius 3 is 2.86 bits per heavy atom. The van der Waals surface area contributed by atoms with Gasteiger partial charge in [-0.05, 0) is 48.4 Å². The first-order valence-electron chi connectivity index (χ1n) is 7.77. The lowest BCUT2D eigenvalue weighted by Crippen LogP contribution is -2.50. The second-order valence-electron chi connectivity index (χ2n) is 6.44. The molecule has 5 heteroatoms. The zero-order valence-electron chi connectivity index (χ0n) is 13.6. The third-order valence-corrected chi connectivity index (χ3v) is 4.47. The molecule has 1 saturated heterocycles. The van der Waals surface area contributed by atoms with E-state index in [9.17, 15) is 0 Å². The van der Waals surface area contributed by atoms with Gasteiger partial charge in [0.2, 0.25) is 0 Å². The van der Waals surface area contributed by atoms with Crippen LogP contribution in [0, 0.1) is 5.92 Å². The molecule has 0 aliphatic carbocycles. The highest BCUT2D eigenvalue weighted by atomic mass is 79.9. The van der Waals surface area contributed by atoms with Gasteiger partial charge in [0.15, 0.2) is 0 Å². The van der Waals surface area contributed by atoms with Crippen LogP contribution in [0.15, 0.2) is 16.7 Å². The van der Waals surface area contributed by atoms with E-state index in [0.29, 0.717) is 12.0 Å². The summed E-state index contributed by atoms with van der Waals surface area (Å²) >= 11 is 3.55. The van der Waals surface area contributed by atoms with Crippen LogP contribution < -0.4 is 10.2 Å². The van der Waals surface area contributed by atoms with Crippen LogP contribution in [-0.2, 0) is 6.54 Å². The van der Waals surface area contributed by atoms with E-state index in [1.807, 2.05) is 6.20 Å². The molecule has 1 N–H and O–H groups in total. The molecule has 0 radical (unpaired) electrons. The number of pyridine rings is 1. The van der Waals surface area contributed by atoms with Crippen molar-refractivity contribution in [1.82, 2.24) is 15.2 Å². The third-order valence-electron chi connectivity index (χ3n) is 4.04. The summed E-state index contributed by atoms with van der Waals surface area (Å²) in [7, 11) is 2.20. The SMILES string of the molecule is CC(C)CNCc1cc(Br)cnc1N1CCN(C)C(C)C1. The van der Waals surface area contributed by atoms with Gasteiger partial charge in [-0.15, -0.1) is 0 Å². The fourth-order valence-corrected chi connectivity index (χ4v) is 3.00. The monoisotopic (exact) mass is 354 g/mol. The van der Waals surface area contributed by atoms with Gasteiger partial charge < -0.3 is 15.1 Å². The minimum atomic E-state index is 0.570. The topological polar surface area (TPSA) is 31.4 Å². The Bertz CT molecular complexity index is 464. The van der Waals surface area contributed by atoms with Crippen LogP contribution in [0.4, 0.5) is 5.82 Å². The molecular weight excluding hydrogens is 328 g/mol. The third kappa shape index (κ3) is 4.66. The molecule has 0 saturated carbocycles. The number of likely N-dealkylation sites (N-methyl/N-ethyl adjacent to an activating group) is 1. The van der Waals surface area contributed by atoms with Gasteiger partial charge in [-0.1, -0.05) is 13.8 Å². The van der Waals surface area contributed by atoms with Crippen molar-refractivity contribution < 1.29 is 0 Å². The molecule has 1 aliphatic rings. The number of aromatic nitrogens is 1. The normalized spacial score (nSPS) is 20.3. The smallest absolute Gasteiger partial charge is 0.133 e. The van der Waals surface area contributed by atoms with Gasteiger partial charge in [0.05, 0.1) is 0 Å². The minimum absolute atomic E-state index is 0.570. The fourth-order valence-electron chi connectivity index (χ4n) is 2.63. The van der Waals surface area contributed by atoms with Crippen molar-refractivity contribution in [2.45, 2.75) is 33.4 Å². The van der Waals surface area contributed by atoms with E-state index in [2.05, 4.69) is 69.9 Å². The van der Waals surface area contributed by atoms with Crippen molar-refractivity contribution in [2.24, 2.45) is 5.92 Å². The number of anilines is 1. The van der Waals surface area contributed by atoms with Gasteiger partial charge in [-0.25, -0.2) is 4.98 Å². The number of hydrogen-bond donors (Lipinski definition) is 1. The molecule has 118 valence electrons. The Morgan fingerprint density at radius 1 is 1.43 bits per heavy atom. The first-order chi connectivity index (χ1) is 9.97. The molecule has 21 heavy (non-hydrogen) atoms. The first-order valence-corrected chi connectivity index (χ1v) is 8.57. The average Bonchev–Trinajstić information content (AvgIpc) is 2.42. The molecule has 2 rings (SSSR count). The van der Waals surface area contributed by atoms with Crippen molar-refractivity contribution in [1.29, 1.82) is 0 Å². The molecule has 2 heterocycles. The summed E-state index contributed by atoms with van der Waals surface area (Å²) in [5, 5.41) is 3.53. The lowest BCUT2D eigenvalue weighted by molar-refractivity contribution is 0.233. The van der Waals surface area contributed by atoms with Crippen LogP contribution in [0.2, 0.25) is 0 Å². The number of halogens is 1. The van der Waals surface area contributed by atoms with Crippen LogP contribution in [0.25, 0.3) is 0 Å². The Balaban J connectivity index is 2.11. The lowest BCUT2D eigenvalue weighted by atomic mass is 10.1. The molecule has 0 aromatic carbocycles. The zero-order chi connectivity index (χ0) is 15.4. The number of piperazine rings is 1. The quantitative estimate of drug-likeness (QED) is 0.880. The largest absolute Gasteiger partial charge is 0.354 e. The summed E-state index contributed by atoms with van der Waals surface area (Å²) < 4.78 is 1.05. The first kappa shape index (κ1) is 16.7.